The van der Waals surface area contributed by atoms with Crippen LogP contribution in [0.2, 0.25) is 18.1 Å². The van der Waals surface area contributed by atoms with Crippen LogP contribution in [0.5, 0.6) is 0 Å². The predicted octanol–water partition coefficient (Wildman–Crippen LogP) is 4.33. The van der Waals surface area contributed by atoms with Crippen molar-refractivity contribution in [2.24, 2.45) is 16.6 Å². The quantitative estimate of drug-likeness (QED) is 0.586. The molecule has 0 fully saturated rings. The third-order valence-corrected chi connectivity index (χ3v) is 9.48. The van der Waals surface area contributed by atoms with Crippen molar-refractivity contribution in [3.8, 4) is 0 Å². The minimum atomic E-state index is -1.78. The van der Waals surface area contributed by atoms with Crippen LogP contribution in [0.1, 0.15) is 60.3 Å². The third kappa shape index (κ3) is 4.07. The maximum Gasteiger partial charge on any atom is 0.193 e. The first kappa shape index (κ1) is 17.7. The molecule has 0 spiro atoms. The van der Waals surface area contributed by atoms with E-state index in [-0.39, 0.29) is 11.1 Å². The lowest BCUT2D eigenvalue weighted by molar-refractivity contribution is 0.180. The average molecular weight is 299 g/mol. The van der Waals surface area contributed by atoms with Crippen LogP contribution in [0.4, 0.5) is 0 Å². The number of hydrogen-bond acceptors (Lipinski definition) is 3. The van der Waals surface area contributed by atoms with Gasteiger partial charge in [-0.1, -0.05) is 53.9 Å². The highest BCUT2D eigenvalue weighted by Gasteiger charge is 2.44. The Hall–Kier alpha value is -0.353. The molecule has 0 radical (unpaired) electrons. The summed E-state index contributed by atoms with van der Waals surface area (Å²) in [5, 5.41) is 0.216. The molecule has 1 aliphatic rings. The van der Waals surface area contributed by atoms with E-state index in [4.69, 9.17) is 10.2 Å². The number of nitrogens with zero attached hydrogens (tertiary/aromatic N) is 1. The molecule has 3 atom stereocenters. The van der Waals surface area contributed by atoms with Gasteiger partial charge in [-0.2, -0.15) is 0 Å². The lowest BCUT2D eigenvalue weighted by atomic mass is 9.95. The maximum atomic E-state index is 6.51. The first-order valence-electron chi connectivity index (χ1n) is 8.11. The first-order valence-corrected chi connectivity index (χ1v) is 11.0. The fraction of sp³-hybridized carbons (Fsp3) is 0.938. The molecule has 20 heavy (non-hydrogen) atoms. The summed E-state index contributed by atoms with van der Waals surface area (Å²) in [4.78, 5) is 4.68. The standard InChI is InChI=1S/C16H34N2OSi/c1-8-9-10-11-13-12(2)14(15(17)18-13)19-20(6,7)16(3,4)5/h12-14H,8-11H2,1-7H3,(H2,17,18)/t12-,13+,14?/m0/s1. The van der Waals surface area contributed by atoms with Crippen LogP contribution in [0.3, 0.4) is 0 Å². The molecule has 2 N–H and O–H groups in total. The number of rotatable bonds is 6. The van der Waals surface area contributed by atoms with Crippen molar-refractivity contribution in [2.75, 3.05) is 0 Å². The Bertz CT molecular complexity index is 347. The SMILES string of the molecule is CCCCC[C@H]1N=C(N)C(O[Si](C)(C)C(C)(C)C)[C@H]1C. The zero-order chi connectivity index (χ0) is 15.6. The van der Waals surface area contributed by atoms with Crippen LogP contribution >= 0.6 is 0 Å². The highest BCUT2D eigenvalue weighted by Crippen LogP contribution is 2.39. The zero-order valence-electron chi connectivity index (χ0n) is 14.5. The van der Waals surface area contributed by atoms with Crippen molar-refractivity contribution in [1.82, 2.24) is 0 Å². The lowest BCUT2D eigenvalue weighted by Gasteiger charge is -2.39. The van der Waals surface area contributed by atoms with E-state index < -0.39 is 8.32 Å². The average Bonchev–Trinajstić information content (AvgIpc) is 2.56. The van der Waals surface area contributed by atoms with Gasteiger partial charge in [-0.05, 0) is 24.6 Å². The molecule has 3 nitrogen and oxygen atoms in total. The number of aliphatic imine (C=N–C) groups is 1. The van der Waals surface area contributed by atoms with E-state index in [9.17, 15) is 0 Å². The fourth-order valence-electron chi connectivity index (χ4n) is 2.45. The molecule has 1 rings (SSSR count). The Kier molecular flexibility index (Phi) is 5.85. The second-order valence-electron chi connectivity index (χ2n) is 7.77. The van der Waals surface area contributed by atoms with Gasteiger partial charge >= 0.3 is 0 Å². The minimum absolute atomic E-state index is 0.0301. The molecule has 0 aromatic carbocycles. The first-order chi connectivity index (χ1) is 9.10. The van der Waals surface area contributed by atoms with Gasteiger partial charge in [-0.25, -0.2) is 0 Å². The Labute approximate surface area is 126 Å². The molecule has 0 amide bonds. The predicted molar refractivity (Wildman–Crippen MR) is 90.8 cm³/mol. The van der Waals surface area contributed by atoms with Gasteiger partial charge in [0, 0.05) is 5.92 Å². The van der Waals surface area contributed by atoms with Crippen LogP contribution < -0.4 is 5.73 Å². The van der Waals surface area contributed by atoms with Crippen LogP contribution in [0.15, 0.2) is 4.99 Å². The summed E-state index contributed by atoms with van der Waals surface area (Å²) < 4.78 is 6.51. The molecule has 1 heterocycles. The number of unbranched alkanes of at least 4 members (excludes halogenated alkanes) is 2. The summed E-state index contributed by atoms with van der Waals surface area (Å²) in [6.07, 6.45) is 4.96. The number of hydrogen-bond donors (Lipinski definition) is 1. The normalized spacial score (nSPS) is 27.8. The van der Waals surface area contributed by atoms with Crippen LogP contribution in [-0.4, -0.2) is 26.3 Å². The summed E-state index contributed by atoms with van der Waals surface area (Å²) >= 11 is 0. The van der Waals surface area contributed by atoms with Crippen LogP contribution in [0, 0.1) is 5.92 Å². The molecular weight excluding hydrogens is 264 g/mol. The van der Waals surface area contributed by atoms with Gasteiger partial charge < -0.3 is 10.2 Å². The van der Waals surface area contributed by atoms with Crippen LogP contribution in [0.25, 0.3) is 0 Å². The number of nitrogens with two attached hydrogens (primary N) is 1. The molecule has 1 aliphatic heterocycles. The largest absolute Gasteiger partial charge is 0.406 e. The van der Waals surface area contributed by atoms with E-state index in [0.717, 1.165) is 12.3 Å². The highest BCUT2D eigenvalue weighted by molar-refractivity contribution is 6.74. The lowest BCUT2D eigenvalue weighted by Crippen LogP contribution is -2.48. The topological polar surface area (TPSA) is 47.6 Å². The summed E-state index contributed by atoms with van der Waals surface area (Å²) in [7, 11) is -1.78. The van der Waals surface area contributed by atoms with E-state index in [2.05, 4.69) is 52.7 Å². The zero-order valence-corrected chi connectivity index (χ0v) is 15.5. The van der Waals surface area contributed by atoms with Crippen molar-refractivity contribution in [2.45, 2.75) is 90.6 Å². The van der Waals surface area contributed by atoms with Gasteiger partial charge in [-0.15, -0.1) is 0 Å². The fourth-order valence-corrected chi connectivity index (χ4v) is 3.77. The van der Waals surface area contributed by atoms with Gasteiger partial charge in [0.2, 0.25) is 0 Å². The van der Waals surface area contributed by atoms with Gasteiger partial charge in [0.25, 0.3) is 0 Å². The van der Waals surface area contributed by atoms with E-state index >= 15 is 0 Å². The number of amidine groups is 1. The molecule has 4 heteroatoms. The van der Waals surface area contributed by atoms with Crippen molar-refractivity contribution >= 4 is 14.2 Å². The summed E-state index contributed by atoms with van der Waals surface area (Å²) in [6.45, 7) is 15.9. The summed E-state index contributed by atoms with van der Waals surface area (Å²) in [5.74, 6) is 1.14. The monoisotopic (exact) mass is 298 g/mol. The molecule has 0 bridgehead atoms. The molecule has 0 saturated heterocycles. The van der Waals surface area contributed by atoms with Crippen LogP contribution in [-0.2, 0) is 4.43 Å². The van der Waals surface area contributed by atoms with Crippen molar-refractivity contribution in [3.63, 3.8) is 0 Å². The van der Waals surface area contributed by atoms with Gasteiger partial charge in [0.15, 0.2) is 8.32 Å². The second kappa shape index (κ2) is 6.61. The molecule has 0 saturated carbocycles. The summed E-state index contributed by atoms with van der Waals surface area (Å²) in [6, 6.07) is 0.358. The Morgan fingerprint density at radius 1 is 1.25 bits per heavy atom. The molecule has 0 aromatic rings. The van der Waals surface area contributed by atoms with Gasteiger partial charge in [-0.3, -0.25) is 4.99 Å². The van der Waals surface area contributed by atoms with Crippen molar-refractivity contribution in [3.05, 3.63) is 0 Å². The molecule has 0 aromatic heterocycles. The highest BCUT2D eigenvalue weighted by atomic mass is 28.4. The van der Waals surface area contributed by atoms with E-state index in [1.807, 2.05) is 0 Å². The Balaban J connectivity index is 2.67. The van der Waals surface area contributed by atoms with Crippen molar-refractivity contribution in [1.29, 1.82) is 0 Å². The Morgan fingerprint density at radius 2 is 1.85 bits per heavy atom. The van der Waals surface area contributed by atoms with Gasteiger partial charge in [0.05, 0.1) is 6.04 Å². The molecule has 0 aliphatic carbocycles. The maximum absolute atomic E-state index is 6.51. The van der Waals surface area contributed by atoms with E-state index in [1.54, 1.807) is 0 Å². The molecular formula is C16H34N2OSi. The Morgan fingerprint density at radius 3 is 2.35 bits per heavy atom. The van der Waals surface area contributed by atoms with Crippen molar-refractivity contribution < 1.29 is 4.43 Å². The summed E-state index contributed by atoms with van der Waals surface area (Å²) in [5.41, 5.74) is 6.16. The van der Waals surface area contributed by atoms with E-state index in [1.165, 1.54) is 19.3 Å². The third-order valence-electron chi connectivity index (χ3n) is 5.02. The molecule has 1 unspecified atom stereocenters. The van der Waals surface area contributed by atoms with E-state index in [0.29, 0.717) is 12.0 Å². The molecule has 118 valence electrons. The van der Waals surface area contributed by atoms with Gasteiger partial charge in [0.1, 0.15) is 11.9 Å². The smallest absolute Gasteiger partial charge is 0.193 e. The minimum Gasteiger partial charge on any atom is -0.406 e. The second-order valence-corrected chi connectivity index (χ2v) is 12.5.